The van der Waals surface area contributed by atoms with E-state index in [-0.39, 0.29) is 0 Å². The van der Waals surface area contributed by atoms with Crippen LogP contribution in [0.4, 0.5) is 4.79 Å². The largest absolute Gasteiger partial charge is 0.381 e. The van der Waals surface area contributed by atoms with Crippen LogP contribution in [0.15, 0.2) is 0 Å². The molecule has 106 valence electrons. The Hall–Kier alpha value is -1.05. The minimum Gasteiger partial charge on any atom is -0.381 e. The fraction of sp³-hybridized carbons (Fsp3) is 0.857. The number of carbonyl (C=O) groups is 1. The van der Waals surface area contributed by atoms with Crippen LogP contribution in [0.2, 0.25) is 0 Å². The standard InChI is InChI=1S/C7H16N4O7/c12-1-10-3(8-5(15)9-6(16)17)4(14)11(2-13)7(10)18/h3-4,6-7,12-14,16-18H,1-2H2,(H2,8,9,15). The highest BCUT2D eigenvalue weighted by molar-refractivity contribution is 5.74. The smallest absolute Gasteiger partial charge is 0.320 e. The van der Waals surface area contributed by atoms with Gasteiger partial charge in [0.25, 0.3) is 0 Å². The third kappa shape index (κ3) is 3.04. The number of hydrogen-bond donors (Lipinski definition) is 8. The number of urea groups is 1. The SMILES string of the molecule is O=C(NC(O)O)NC1C(O)N(CO)C(O)N1CO. The van der Waals surface area contributed by atoms with Crippen molar-refractivity contribution in [3.63, 3.8) is 0 Å². The van der Waals surface area contributed by atoms with Gasteiger partial charge in [-0.25, -0.2) is 14.6 Å². The van der Waals surface area contributed by atoms with Crippen molar-refractivity contribution in [3.05, 3.63) is 0 Å². The molecule has 0 bridgehead atoms. The average Bonchev–Trinajstić information content (AvgIpc) is 2.49. The van der Waals surface area contributed by atoms with Gasteiger partial charge in [0, 0.05) is 0 Å². The quantitative estimate of drug-likeness (QED) is 0.233. The molecular formula is C7H16N4O7. The molecule has 0 saturated carbocycles. The maximum Gasteiger partial charge on any atom is 0.320 e. The zero-order valence-electron chi connectivity index (χ0n) is 9.21. The predicted molar refractivity (Wildman–Crippen MR) is 53.5 cm³/mol. The van der Waals surface area contributed by atoms with Crippen LogP contribution in [-0.2, 0) is 0 Å². The summed E-state index contributed by atoms with van der Waals surface area (Å²) < 4.78 is 0. The molecule has 3 unspecified atom stereocenters. The van der Waals surface area contributed by atoms with Gasteiger partial charge in [-0.05, 0) is 0 Å². The average molecular weight is 268 g/mol. The van der Waals surface area contributed by atoms with Crippen molar-refractivity contribution in [2.75, 3.05) is 13.5 Å². The molecule has 2 amide bonds. The van der Waals surface area contributed by atoms with Crippen LogP contribution in [0.5, 0.6) is 0 Å². The summed E-state index contributed by atoms with van der Waals surface area (Å²) in [6, 6.07) is -1.04. The van der Waals surface area contributed by atoms with Crippen LogP contribution < -0.4 is 10.6 Å². The summed E-state index contributed by atoms with van der Waals surface area (Å²) in [5, 5.41) is 57.9. The van der Waals surface area contributed by atoms with Crippen LogP contribution in [0.1, 0.15) is 0 Å². The molecule has 0 aromatic carbocycles. The predicted octanol–water partition coefficient (Wildman–Crippen LogP) is -5.01. The molecule has 0 aromatic heterocycles. The van der Waals surface area contributed by atoms with Crippen LogP contribution in [0, 0.1) is 0 Å². The van der Waals surface area contributed by atoms with E-state index in [0.29, 0.717) is 0 Å². The first-order chi connectivity index (χ1) is 8.42. The Kier molecular flexibility index (Phi) is 5.18. The van der Waals surface area contributed by atoms with Crippen molar-refractivity contribution in [2.45, 2.75) is 25.2 Å². The third-order valence-corrected chi connectivity index (χ3v) is 2.44. The maximum absolute atomic E-state index is 11.2. The number of hydrogen-bond acceptors (Lipinski definition) is 9. The van der Waals surface area contributed by atoms with Crippen LogP contribution in [0.25, 0.3) is 0 Å². The van der Waals surface area contributed by atoms with Crippen molar-refractivity contribution >= 4 is 6.03 Å². The number of amides is 2. The van der Waals surface area contributed by atoms with Gasteiger partial charge in [0.15, 0.2) is 6.35 Å². The maximum atomic E-state index is 11.2. The topological polar surface area (TPSA) is 169 Å². The molecule has 1 aliphatic heterocycles. The lowest BCUT2D eigenvalue weighted by atomic mass is 10.4. The third-order valence-electron chi connectivity index (χ3n) is 2.44. The lowest BCUT2D eigenvalue weighted by Crippen LogP contribution is -2.55. The summed E-state index contributed by atoms with van der Waals surface area (Å²) in [5.41, 5.74) is 0. The van der Waals surface area contributed by atoms with E-state index in [1.807, 2.05) is 0 Å². The van der Waals surface area contributed by atoms with E-state index in [4.69, 9.17) is 20.4 Å². The van der Waals surface area contributed by atoms with Gasteiger partial charge < -0.3 is 36.0 Å². The number of nitrogens with one attached hydrogen (secondary N) is 2. The molecule has 1 rings (SSSR count). The van der Waals surface area contributed by atoms with Crippen molar-refractivity contribution < 1.29 is 35.4 Å². The van der Waals surface area contributed by atoms with E-state index in [1.165, 1.54) is 0 Å². The van der Waals surface area contributed by atoms with E-state index < -0.39 is 44.7 Å². The molecule has 0 radical (unpaired) electrons. The van der Waals surface area contributed by atoms with E-state index in [0.717, 1.165) is 9.80 Å². The number of rotatable bonds is 4. The molecule has 1 aliphatic rings. The van der Waals surface area contributed by atoms with Gasteiger partial charge in [-0.2, -0.15) is 0 Å². The Morgan fingerprint density at radius 1 is 1.17 bits per heavy atom. The van der Waals surface area contributed by atoms with Gasteiger partial charge in [0.05, 0.1) is 0 Å². The second-order valence-electron chi connectivity index (χ2n) is 3.51. The fourth-order valence-corrected chi connectivity index (χ4v) is 1.59. The first-order valence-electron chi connectivity index (χ1n) is 4.95. The lowest BCUT2D eigenvalue weighted by Gasteiger charge is -2.25. The molecular weight excluding hydrogens is 252 g/mol. The number of carbonyl (C=O) groups excluding carboxylic acids is 1. The summed E-state index contributed by atoms with van der Waals surface area (Å²) in [7, 11) is 0. The molecule has 0 aromatic rings. The van der Waals surface area contributed by atoms with Crippen molar-refractivity contribution in [1.82, 2.24) is 20.4 Å². The summed E-state index contributed by atoms with van der Waals surface area (Å²) in [6.45, 7) is -1.41. The second kappa shape index (κ2) is 6.21. The Bertz CT molecular complexity index is 291. The summed E-state index contributed by atoms with van der Waals surface area (Å²) in [4.78, 5) is 12.8. The van der Waals surface area contributed by atoms with E-state index >= 15 is 0 Å². The lowest BCUT2D eigenvalue weighted by molar-refractivity contribution is -0.136. The minimum absolute atomic E-state index is 0.707. The zero-order chi connectivity index (χ0) is 13.9. The van der Waals surface area contributed by atoms with Crippen molar-refractivity contribution in [1.29, 1.82) is 0 Å². The molecule has 11 nitrogen and oxygen atoms in total. The summed E-state index contributed by atoms with van der Waals surface area (Å²) in [6.07, 6.45) is -6.32. The van der Waals surface area contributed by atoms with Crippen LogP contribution in [-0.4, -0.2) is 85.1 Å². The van der Waals surface area contributed by atoms with Gasteiger partial charge >= 0.3 is 6.03 Å². The molecule has 11 heteroatoms. The highest BCUT2D eigenvalue weighted by atomic mass is 16.5. The molecule has 18 heavy (non-hydrogen) atoms. The Labute approximate surface area is 101 Å². The Morgan fingerprint density at radius 2 is 1.72 bits per heavy atom. The van der Waals surface area contributed by atoms with Crippen molar-refractivity contribution in [2.24, 2.45) is 0 Å². The number of aliphatic hydroxyl groups excluding tert-OH is 5. The van der Waals surface area contributed by atoms with Gasteiger partial charge in [0.1, 0.15) is 25.9 Å². The molecule has 1 fully saturated rings. The summed E-state index contributed by atoms with van der Waals surface area (Å²) in [5.74, 6) is 0. The molecule has 0 spiro atoms. The Morgan fingerprint density at radius 3 is 2.17 bits per heavy atom. The molecule has 1 heterocycles. The normalized spacial score (nSPS) is 29.8. The highest BCUT2D eigenvalue weighted by Crippen LogP contribution is 2.20. The minimum atomic E-state index is -2.09. The number of aliphatic hydroxyl groups is 6. The second-order valence-corrected chi connectivity index (χ2v) is 3.51. The van der Waals surface area contributed by atoms with Gasteiger partial charge in [-0.1, -0.05) is 0 Å². The molecule has 8 N–H and O–H groups in total. The van der Waals surface area contributed by atoms with Gasteiger partial charge in [-0.3, -0.25) is 5.32 Å². The fourth-order valence-electron chi connectivity index (χ4n) is 1.59. The van der Waals surface area contributed by atoms with E-state index in [1.54, 1.807) is 5.32 Å². The monoisotopic (exact) mass is 268 g/mol. The van der Waals surface area contributed by atoms with Crippen LogP contribution >= 0.6 is 0 Å². The first-order valence-corrected chi connectivity index (χ1v) is 4.95. The van der Waals surface area contributed by atoms with Crippen LogP contribution in [0.3, 0.4) is 0 Å². The zero-order valence-corrected chi connectivity index (χ0v) is 9.21. The van der Waals surface area contributed by atoms with Crippen molar-refractivity contribution in [3.8, 4) is 0 Å². The van der Waals surface area contributed by atoms with E-state index in [2.05, 4.69) is 5.32 Å². The Balaban J connectivity index is 2.70. The molecule has 3 atom stereocenters. The first kappa shape index (κ1) is 15.0. The highest BCUT2D eigenvalue weighted by Gasteiger charge is 2.46. The van der Waals surface area contributed by atoms with Gasteiger partial charge in [0.2, 0.25) is 6.41 Å². The molecule has 1 saturated heterocycles. The van der Waals surface area contributed by atoms with E-state index in [9.17, 15) is 15.0 Å². The molecule has 0 aliphatic carbocycles. The van der Waals surface area contributed by atoms with Gasteiger partial charge in [-0.15, -0.1) is 0 Å². The number of nitrogens with zero attached hydrogens (tertiary/aromatic N) is 2. The summed E-state index contributed by atoms with van der Waals surface area (Å²) >= 11 is 0.